The lowest BCUT2D eigenvalue weighted by atomic mass is 9.76. The summed E-state index contributed by atoms with van der Waals surface area (Å²) in [4.78, 5) is 16.2. The smallest absolute Gasteiger partial charge is 0.373 e. The van der Waals surface area contributed by atoms with E-state index in [1.165, 1.54) is 0 Å². The van der Waals surface area contributed by atoms with Gasteiger partial charge in [-0.05, 0) is 43.0 Å². The van der Waals surface area contributed by atoms with Gasteiger partial charge in [-0.2, -0.15) is 9.59 Å². The summed E-state index contributed by atoms with van der Waals surface area (Å²) in [6, 6.07) is 0. The van der Waals surface area contributed by atoms with E-state index >= 15 is 0 Å². The fourth-order valence-corrected chi connectivity index (χ4v) is 3.67. The van der Waals surface area contributed by atoms with Gasteiger partial charge in [-0.1, -0.05) is 34.3 Å². The molecule has 0 radical (unpaired) electrons. The van der Waals surface area contributed by atoms with Crippen LogP contribution < -0.4 is 0 Å². The molecule has 1 fully saturated rings. The van der Waals surface area contributed by atoms with Gasteiger partial charge in [-0.15, -0.1) is 0 Å². The molecule has 3 atom stereocenters. The zero-order valence-corrected chi connectivity index (χ0v) is 15.4. The van der Waals surface area contributed by atoms with Gasteiger partial charge in [0.2, 0.25) is 0 Å². The molecule has 21 heavy (non-hydrogen) atoms. The Morgan fingerprint density at radius 3 is 2.14 bits per heavy atom. The molecule has 0 aromatic rings. The van der Waals surface area contributed by atoms with Crippen molar-refractivity contribution in [2.24, 2.45) is 5.92 Å². The van der Waals surface area contributed by atoms with Crippen molar-refractivity contribution in [3.63, 3.8) is 0 Å². The number of carbonyl (C=O) groups excluding carboxylic acids is 2. The topological polar surface area (TPSA) is 63.6 Å². The predicted octanol–water partition coefficient (Wildman–Crippen LogP) is 3.53. The van der Waals surface area contributed by atoms with Crippen LogP contribution in [0.2, 0.25) is 18.1 Å². The molecule has 0 heterocycles. The van der Waals surface area contributed by atoms with E-state index < -0.39 is 13.9 Å². The summed E-state index contributed by atoms with van der Waals surface area (Å²) in [6.07, 6.45) is 1.75. The summed E-state index contributed by atoms with van der Waals surface area (Å²) >= 11 is 0. The van der Waals surface area contributed by atoms with Crippen molar-refractivity contribution in [3.05, 3.63) is 12.2 Å². The molecule has 1 saturated carbocycles. The first kappa shape index (κ1) is 20.3. The molecule has 5 heteroatoms. The molecule has 0 aromatic carbocycles. The van der Waals surface area contributed by atoms with Crippen molar-refractivity contribution >= 4 is 14.5 Å². The van der Waals surface area contributed by atoms with E-state index in [-0.39, 0.29) is 17.3 Å². The van der Waals surface area contributed by atoms with Crippen molar-refractivity contribution in [2.75, 3.05) is 0 Å². The Kier molecular flexibility index (Phi) is 6.76. The van der Waals surface area contributed by atoms with Gasteiger partial charge in [0, 0.05) is 6.42 Å². The van der Waals surface area contributed by atoms with Crippen LogP contribution in [0.1, 0.15) is 47.5 Å². The van der Waals surface area contributed by atoms with Crippen LogP contribution in [0.5, 0.6) is 0 Å². The van der Waals surface area contributed by atoms with Gasteiger partial charge >= 0.3 is 6.15 Å². The molecule has 122 valence electrons. The zero-order chi connectivity index (χ0) is 17.1. The lowest BCUT2D eigenvalue weighted by Gasteiger charge is -2.45. The third kappa shape index (κ3) is 5.87. The van der Waals surface area contributed by atoms with Crippen molar-refractivity contribution in [1.82, 2.24) is 0 Å². The van der Waals surface area contributed by atoms with Gasteiger partial charge in [-0.25, -0.2) is 0 Å². The highest BCUT2D eigenvalue weighted by atomic mass is 28.4. The third-order valence-electron chi connectivity index (χ3n) is 4.66. The minimum atomic E-state index is -1.80. The summed E-state index contributed by atoms with van der Waals surface area (Å²) < 4.78 is 6.44. The molecule has 1 rings (SSSR count). The summed E-state index contributed by atoms with van der Waals surface area (Å²) in [7, 11) is -1.80. The van der Waals surface area contributed by atoms with Crippen LogP contribution in [0, 0.1) is 5.92 Å². The Morgan fingerprint density at radius 2 is 1.76 bits per heavy atom. The molecule has 0 spiro atoms. The van der Waals surface area contributed by atoms with Gasteiger partial charge in [-0.3, -0.25) is 0 Å². The highest BCUT2D eigenvalue weighted by Crippen LogP contribution is 2.42. The van der Waals surface area contributed by atoms with Crippen LogP contribution in [0.3, 0.4) is 0 Å². The Hall–Kier alpha value is -0.743. The molecular formula is C16H30O4Si. The number of aliphatic hydroxyl groups is 1. The Balaban J connectivity index is 0.00000122. The van der Waals surface area contributed by atoms with Gasteiger partial charge < -0.3 is 9.53 Å². The lowest BCUT2D eigenvalue weighted by molar-refractivity contribution is -0.191. The van der Waals surface area contributed by atoms with E-state index in [0.717, 1.165) is 12.0 Å². The zero-order valence-electron chi connectivity index (χ0n) is 14.4. The molecule has 1 aliphatic rings. The Morgan fingerprint density at radius 1 is 1.33 bits per heavy atom. The van der Waals surface area contributed by atoms with Crippen LogP contribution in [0.4, 0.5) is 0 Å². The van der Waals surface area contributed by atoms with Crippen molar-refractivity contribution < 1.29 is 19.1 Å². The minimum Gasteiger partial charge on any atom is -0.410 e. The molecular weight excluding hydrogens is 284 g/mol. The molecule has 0 aliphatic heterocycles. The molecule has 4 nitrogen and oxygen atoms in total. The first-order chi connectivity index (χ1) is 9.27. The summed E-state index contributed by atoms with van der Waals surface area (Å²) in [5.41, 5.74) is 0.541. The summed E-state index contributed by atoms with van der Waals surface area (Å²) in [5.74, 6) is 0.337. The SMILES string of the molecule is C=C1[C@H](C)C[C@@](C)(O)C[C@H]1O[Si](C)(C)C(C)(C)C.O=C=O. The second-order valence-electron chi connectivity index (χ2n) is 7.83. The minimum absolute atomic E-state index is 0.0182. The summed E-state index contributed by atoms with van der Waals surface area (Å²) in [6.45, 7) is 19.5. The molecule has 0 amide bonds. The molecule has 0 saturated heterocycles. The van der Waals surface area contributed by atoms with Gasteiger partial charge in [0.25, 0.3) is 0 Å². The largest absolute Gasteiger partial charge is 0.410 e. The van der Waals surface area contributed by atoms with E-state index in [0.29, 0.717) is 12.3 Å². The Bertz CT molecular complexity index is 401. The average molecular weight is 314 g/mol. The van der Waals surface area contributed by atoms with Crippen molar-refractivity contribution in [3.8, 4) is 0 Å². The monoisotopic (exact) mass is 314 g/mol. The Labute approximate surface area is 129 Å². The molecule has 1 N–H and O–H groups in total. The summed E-state index contributed by atoms with van der Waals surface area (Å²) in [5, 5.41) is 10.5. The van der Waals surface area contributed by atoms with Crippen molar-refractivity contribution in [2.45, 2.75) is 77.3 Å². The highest BCUT2D eigenvalue weighted by Gasteiger charge is 2.44. The van der Waals surface area contributed by atoms with Crippen LogP contribution in [0.25, 0.3) is 0 Å². The molecule has 0 aromatic heterocycles. The number of rotatable bonds is 2. The second kappa shape index (κ2) is 7.01. The maximum absolute atomic E-state index is 10.3. The quantitative estimate of drug-likeness (QED) is 0.625. The fraction of sp³-hybridized carbons (Fsp3) is 0.812. The first-order valence-corrected chi connectivity index (χ1v) is 10.3. The highest BCUT2D eigenvalue weighted by molar-refractivity contribution is 6.74. The van der Waals surface area contributed by atoms with E-state index in [1.807, 2.05) is 6.92 Å². The van der Waals surface area contributed by atoms with E-state index in [4.69, 9.17) is 14.0 Å². The van der Waals surface area contributed by atoms with Crippen LogP contribution in [0.15, 0.2) is 12.2 Å². The molecule has 1 aliphatic carbocycles. The number of hydrogen-bond acceptors (Lipinski definition) is 4. The third-order valence-corrected chi connectivity index (χ3v) is 9.15. The maximum atomic E-state index is 10.3. The van der Waals surface area contributed by atoms with Crippen molar-refractivity contribution in [1.29, 1.82) is 0 Å². The fourth-order valence-electron chi connectivity index (χ4n) is 2.37. The molecule has 0 unspecified atom stereocenters. The second-order valence-corrected chi connectivity index (χ2v) is 12.6. The van der Waals surface area contributed by atoms with Gasteiger partial charge in [0.05, 0.1) is 11.7 Å². The molecule has 0 bridgehead atoms. The van der Waals surface area contributed by atoms with E-state index in [2.05, 4.69) is 47.4 Å². The average Bonchev–Trinajstić information content (AvgIpc) is 2.23. The maximum Gasteiger partial charge on any atom is 0.373 e. The van der Waals surface area contributed by atoms with E-state index in [9.17, 15) is 5.11 Å². The van der Waals surface area contributed by atoms with Crippen LogP contribution in [-0.2, 0) is 14.0 Å². The number of hydrogen-bond donors (Lipinski definition) is 1. The standard InChI is InChI=1S/C15H30O2Si.CO2/c1-11-9-15(6,16)10-13(12(11)2)17-18(7,8)14(3,4)5;2-1-3/h11,13,16H,2,9-10H2,1,3-8H3;/t11-,13-,15-;/m1./s1. The van der Waals surface area contributed by atoms with E-state index in [1.54, 1.807) is 0 Å². The normalized spacial score (nSPS) is 30.2. The first-order valence-electron chi connectivity index (χ1n) is 7.35. The lowest BCUT2D eigenvalue weighted by Crippen LogP contribution is -2.49. The predicted molar refractivity (Wildman–Crippen MR) is 85.2 cm³/mol. The van der Waals surface area contributed by atoms with Crippen LogP contribution >= 0.6 is 0 Å². The van der Waals surface area contributed by atoms with Gasteiger partial charge in [0.1, 0.15) is 0 Å². The van der Waals surface area contributed by atoms with Crippen LogP contribution in [-0.4, -0.2) is 31.3 Å². The van der Waals surface area contributed by atoms with Gasteiger partial charge in [0.15, 0.2) is 8.32 Å².